The van der Waals surface area contributed by atoms with Gasteiger partial charge in [0.05, 0.1) is 6.61 Å². The zero-order chi connectivity index (χ0) is 9.40. The summed E-state index contributed by atoms with van der Waals surface area (Å²) in [6.45, 7) is 0.897. The van der Waals surface area contributed by atoms with Crippen LogP contribution in [-0.4, -0.2) is 36.9 Å². The number of hydrogen-bond acceptors (Lipinski definition) is 5. The molecule has 0 aliphatic carbocycles. The monoisotopic (exact) mass is 178 g/mol. The maximum Gasteiger partial charge on any atom is 0.339 e. The summed E-state index contributed by atoms with van der Waals surface area (Å²) in [7, 11) is 0. The summed E-state index contributed by atoms with van der Waals surface area (Å²) in [5, 5.41) is 8.11. The molecule has 0 aliphatic heterocycles. The molecule has 0 fully saturated rings. The molecule has 0 aromatic heterocycles. The van der Waals surface area contributed by atoms with Gasteiger partial charge in [-0.2, -0.15) is 4.89 Å². The van der Waals surface area contributed by atoms with Crippen LogP contribution in [0.15, 0.2) is 0 Å². The van der Waals surface area contributed by atoms with Crippen molar-refractivity contribution >= 4 is 11.9 Å². The van der Waals surface area contributed by atoms with Crippen LogP contribution in [-0.2, 0) is 24.1 Å². The van der Waals surface area contributed by atoms with Crippen molar-refractivity contribution in [2.45, 2.75) is 6.92 Å². The van der Waals surface area contributed by atoms with Crippen LogP contribution in [0.25, 0.3) is 0 Å². The van der Waals surface area contributed by atoms with Crippen LogP contribution in [0, 0.1) is 0 Å². The lowest BCUT2D eigenvalue weighted by molar-refractivity contribution is -0.274. The fourth-order valence-electron chi connectivity index (χ4n) is 0.377. The van der Waals surface area contributed by atoms with Gasteiger partial charge in [-0.3, -0.25) is 4.89 Å². The van der Waals surface area contributed by atoms with Crippen molar-refractivity contribution in [2.75, 3.05) is 19.8 Å². The summed E-state index contributed by atoms with van der Waals surface area (Å²) in [6, 6.07) is 0. The lowest BCUT2D eigenvalue weighted by Crippen LogP contribution is -2.12. The molecule has 0 rings (SSSR count). The number of carbonyl (C=O) groups excluding carboxylic acids is 1. The summed E-state index contributed by atoms with van der Waals surface area (Å²) >= 11 is 0. The van der Waals surface area contributed by atoms with Gasteiger partial charge in [-0.05, 0) is 0 Å². The Morgan fingerprint density at radius 1 is 1.33 bits per heavy atom. The Morgan fingerprint density at radius 2 is 2.00 bits per heavy atom. The minimum absolute atomic E-state index is 0.0207. The molecule has 6 heteroatoms. The standard InChI is InChI=1S/C6H10O6/c1-5(7)12-11-3-2-10-4-6(8)9/h2-4H2,1H3,(H,8,9). The van der Waals surface area contributed by atoms with Gasteiger partial charge >= 0.3 is 11.9 Å². The molecule has 0 unspecified atom stereocenters. The lowest BCUT2D eigenvalue weighted by atomic mass is 10.7. The van der Waals surface area contributed by atoms with Crippen LogP contribution in [0.2, 0.25) is 0 Å². The highest BCUT2D eigenvalue weighted by Crippen LogP contribution is 1.81. The van der Waals surface area contributed by atoms with E-state index < -0.39 is 11.9 Å². The van der Waals surface area contributed by atoms with E-state index in [-0.39, 0.29) is 19.8 Å². The Kier molecular flexibility index (Phi) is 5.94. The Hall–Kier alpha value is -1.14. The van der Waals surface area contributed by atoms with Crippen LogP contribution >= 0.6 is 0 Å². The second-order valence-electron chi connectivity index (χ2n) is 1.84. The van der Waals surface area contributed by atoms with E-state index in [0.29, 0.717) is 0 Å². The van der Waals surface area contributed by atoms with Gasteiger partial charge in [0.2, 0.25) is 0 Å². The van der Waals surface area contributed by atoms with Crippen LogP contribution in [0.5, 0.6) is 0 Å². The first-order valence-corrected chi connectivity index (χ1v) is 3.22. The number of hydrogen-bond donors (Lipinski definition) is 1. The van der Waals surface area contributed by atoms with E-state index >= 15 is 0 Å². The Balaban J connectivity index is 3.01. The van der Waals surface area contributed by atoms with Crippen molar-refractivity contribution in [2.24, 2.45) is 0 Å². The van der Waals surface area contributed by atoms with E-state index in [4.69, 9.17) is 5.11 Å². The molecule has 0 atom stereocenters. The Morgan fingerprint density at radius 3 is 2.50 bits per heavy atom. The van der Waals surface area contributed by atoms with Gasteiger partial charge in [0, 0.05) is 6.92 Å². The van der Waals surface area contributed by atoms with E-state index in [0.717, 1.165) is 0 Å². The van der Waals surface area contributed by atoms with Crippen LogP contribution in [0.3, 0.4) is 0 Å². The maximum atomic E-state index is 10.1. The molecular formula is C6H10O6. The van der Waals surface area contributed by atoms with E-state index in [1.54, 1.807) is 0 Å². The van der Waals surface area contributed by atoms with E-state index in [1.807, 2.05) is 0 Å². The molecule has 0 aromatic carbocycles. The average molecular weight is 178 g/mol. The van der Waals surface area contributed by atoms with Crippen molar-refractivity contribution in [1.29, 1.82) is 0 Å². The fraction of sp³-hybridized carbons (Fsp3) is 0.667. The van der Waals surface area contributed by atoms with E-state index in [1.165, 1.54) is 6.92 Å². The molecule has 0 aliphatic rings. The molecule has 6 nitrogen and oxygen atoms in total. The van der Waals surface area contributed by atoms with Crippen molar-refractivity contribution in [3.05, 3.63) is 0 Å². The van der Waals surface area contributed by atoms with Gasteiger partial charge in [0.1, 0.15) is 13.2 Å². The van der Waals surface area contributed by atoms with Gasteiger partial charge < -0.3 is 9.84 Å². The van der Waals surface area contributed by atoms with Gasteiger partial charge in [0.15, 0.2) is 0 Å². The third kappa shape index (κ3) is 8.86. The van der Waals surface area contributed by atoms with Crippen molar-refractivity contribution in [1.82, 2.24) is 0 Å². The molecule has 0 saturated heterocycles. The second kappa shape index (κ2) is 6.56. The predicted molar refractivity (Wildman–Crippen MR) is 36.2 cm³/mol. The number of carbonyl (C=O) groups is 2. The number of ether oxygens (including phenoxy) is 1. The Labute approximate surface area is 69.0 Å². The summed E-state index contributed by atoms with van der Waals surface area (Å²) in [4.78, 5) is 28.4. The predicted octanol–water partition coefficient (Wildman–Crippen LogP) is -0.418. The quantitative estimate of drug-likeness (QED) is 0.338. The maximum absolute atomic E-state index is 10.1. The number of carboxylic acid groups (broad SMARTS) is 1. The van der Waals surface area contributed by atoms with Gasteiger partial charge in [-0.1, -0.05) is 0 Å². The molecule has 70 valence electrons. The van der Waals surface area contributed by atoms with E-state index in [2.05, 4.69) is 14.5 Å². The molecule has 1 N–H and O–H groups in total. The summed E-state index contributed by atoms with van der Waals surface area (Å²) in [6.07, 6.45) is 0. The third-order valence-corrected chi connectivity index (χ3v) is 0.713. The minimum atomic E-state index is -1.05. The van der Waals surface area contributed by atoms with Gasteiger partial charge in [-0.15, -0.1) is 0 Å². The Bertz CT molecular complexity index is 136. The van der Waals surface area contributed by atoms with Crippen LogP contribution < -0.4 is 0 Å². The van der Waals surface area contributed by atoms with Crippen molar-refractivity contribution in [3.8, 4) is 0 Å². The van der Waals surface area contributed by atoms with Crippen LogP contribution in [0.1, 0.15) is 6.92 Å². The topological polar surface area (TPSA) is 82.1 Å². The fourth-order valence-corrected chi connectivity index (χ4v) is 0.377. The lowest BCUT2D eigenvalue weighted by Gasteiger charge is -2.00. The number of carboxylic acids is 1. The van der Waals surface area contributed by atoms with E-state index in [9.17, 15) is 9.59 Å². The minimum Gasteiger partial charge on any atom is -0.480 e. The molecule has 0 saturated carbocycles. The summed E-state index contributed by atoms with van der Waals surface area (Å²) in [5.41, 5.74) is 0. The largest absolute Gasteiger partial charge is 0.480 e. The highest BCUT2D eigenvalue weighted by Gasteiger charge is 1.97. The number of aliphatic carboxylic acids is 1. The molecule has 12 heavy (non-hydrogen) atoms. The normalized spacial score (nSPS) is 9.42. The zero-order valence-corrected chi connectivity index (χ0v) is 6.61. The average Bonchev–Trinajstić information content (AvgIpc) is 1.95. The first-order chi connectivity index (χ1) is 5.63. The molecule has 0 bridgehead atoms. The molecule has 0 aromatic rings. The molecule has 0 radical (unpaired) electrons. The van der Waals surface area contributed by atoms with Crippen molar-refractivity contribution < 1.29 is 29.2 Å². The highest BCUT2D eigenvalue weighted by atomic mass is 17.2. The van der Waals surface area contributed by atoms with Gasteiger partial charge in [-0.25, -0.2) is 9.59 Å². The zero-order valence-electron chi connectivity index (χ0n) is 6.61. The SMILES string of the molecule is CC(=O)OOCCOCC(=O)O. The molecule has 0 amide bonds. The van der Waals surface area contributed by atoms with Crippen molar-refractivity contribution in [3.63, 3.8) is 0 Å². The summed E-state index contributed by atoms with van der Waals surface area (Å²) in [5.74, 6) is -1.62. The second-order valence-corrected chi connectivity index (χ2v) is 1.84. The third-order valence-electron chi connectivity index (χ3n) is 0.713. The smallest absolute Gasteiger partial charge is 0.339 e. The molecule has 0 heterocycles. The highest BCUT2D eigenvalue weighted by molar-refractivity contribution is 5.68. The first-order valence-electron chi connectivity index (χ1n) is 3.22. The van der Waals surface area contributed by atoms with Gasteiger partial charge in [0.25, 0.3) is 0 Å². The molecular weight excluding hydrogens is 168 g/mol. The first kappa shape index (κ1) is 10.9. The number of rotatable bonds is 6. The van der Waals surface area contributed by atoms with Crippen LogP contribution in [0.4, 0.5) is 0 Å². The summed E-state index contributed by atoms with van der Waals surface area (Å²) < 4.78 is 4.56. The molecule has 0 spiro atoms.